The number of rotatable bonds is 5. The molecule has 0 fully saturated rings. The maximum Gasteiger partial charge on any atom is 0.426 e. The van der Waals surface area contributed by atoms with Crippen LogP contribution in [0, 0.1) is 0 Å². The molecule has 2 rings (SSSR count). The topological polar surface area (TPSA) is 108 Å². The van der Waals surface area contributed by atoms with Gasteiger partial charge in [0.05, 0.1) is 15.6 Å². The zero-order valence-electron chi connectivity index (χ0n) is 14.7. The third kappa shape index (κ3) is 4.43. The standard InChI is InChI=1S/C14H15ClF3N3O5SSi/c1-7-11(21(3)26-28-7)20-27(24,25)8-4-5-10(9(15)6-8)19-12(22)13(2,23)14(16,17)18/h4-6,20,23H,1-3H3,(H,19,22)/t13-/m1/s1. The van der Waals surface area contributed by atoms with E-state index in [1.165, 1.54) is 12.1 Å². The molecule has 1 heterocycles. The minimum Gasteiger partial charge on any atom is -0.373 e. The van der Waals surface area contributed by atoms with Gasteiger partial charge in [-0.3, -0.25) is 14.6 Å². The van der Waals surface area contributed by atoms with Gasteiger partial charge in [0.15, 0.2) is 0 Å². The normalized spacial score (nSPS) is 17.5. The maximum absolute atomic E-state index is 12.7. The lowest BCUT2D eigenvalue weighted by Crippen LogP contribution is -2.52. The van der Waals surface area contributed by atoms with Crippen LogP contribution in [-0.4, -0.2) is 53.1 Å². The van der Waals surface area contributed by atoms with E-state index in [2.05, 4.69) is 4.72 Å². The Kier molecular flexibility index (Phi) is 6.06. The molecule has 0 bridgehead atoms. The predicted molar refractivity (Wildman–Crippen MR) is 94.4 cm³/mol. The predicted octanol–water partition coefficient (Wildman–Crippen LogP) is 1.56. The summed E-state index contributed by atoms with van der Waals surface area (Å²) in [5.41, 5.74) is -3.95. The van der Waals surface area contributed by atoms with Crippen molar-refractivity contribution in [3.05, 3.63) is 34.2 Å². The first-order valence-corrected chi connectivity index (χ1v) is 10.2. The molecule has 3 N–H and O–H groups in total. The third-order valence-electron chi connectivity index (χ3n) is 3.73. The second-order valence-electron chi connectivity index (χ2n) is 5.94. The first kappa shape index (κ1) is 22.5. The van der Waals surface area contributed by atoms with Crippen LogP contribution < -0.4 is 10.0 Å². The fourth-order valence-corrected chi connectivity index (χ4v) is 4.17. The van der Waals surface area contributed by atoms with Crippen molar-refractivity contribution in [1.82, 2.24) is 9.79 Å². The van der Waals surface area contributed by atoms with Crippen LogP contribution >= 0.6 is 11.6 Å². The quantitative estimate of drug-likeness (QED) is 0.579. The molecule has 2 radical (unpaired) electrons. The van der Waals surface area contributed by atoms with Gasteiger partial charge in [0.1, 0.15) is 5.82 Å². The number of sulfonamides is 1. The largest absolute Gasteiger partial charge is 0.426 e. The number of allylic oxidation sites excluding steroid dienone is 1. The molecular formula is C14H15ClF3N3O5SSi. The van der Waals surface area contributed by atoms with E-state index in [1.807, 2.05) is 5.32 Å². The van der Waals surface area contributed by atoms with Gasteiger partial charge in [-0.05, 0) is 37.2 Å². The van der Waals surface area contributed by atoms with Gasteiger partial charge in [-0.1, -0.05) is 11.6 Å². The summed E-state index contributed by atoms with van der Waals surface area (Å²) in [6.45, 7) is 1.97. The number of carbonyl (C=O) groups excluding carboxylic acids is 1. The van der Waals surface area contributed by atoms with Crippen LogP contribution in [0.5, 0.6) is 0 Å². The van der Waals surface area contributed by atoms with Gasteiger partial charge in [0.2, 0.25) is 5.60 Å². The van der Waals surface area contributed by atoms with Gasteiger partial charge in [-0.25, -0.2) is 8.42 Å². The number of nitrogens with one attached hydrogen (secondary N) is 2. The van der Waals surface area contributed by atoms with Crippen molar-refractivity contribution >= 4 is 43.0 Å². The van der Waals surface area contributed by atoms with Crippen LogP contribution in [0.15, 0.2) is 34.1 Å². The monoisotopic (exact) mass is 457 g/mol. The third-order valence-corrected chi connectivity index (χ3v) is 6.29. The first-order chi connectivity index (χ1) is 12.7. The minimum atomic E-state index is -5.21. The lowest BCUT2D eigenvalue weighted by molar-refractivity contribution is -0.242. The Balaban J connectivity index is 2.25. The molecule has 1 amide bonds. The van der Waals surface area contributed by atoms with Gasteiger partial charge in [0.25, 0.3) is 15.9 Å². The SMILES string of the molecule is CC1=C(NS(=O)(=O)c2ccc(NC(=O)[C@@](C)(O)C(F)(F)F)c(Cl)c2)N(C)O[Si]1. The molecule has 1 aromatic carbocycles. The molecule has 0 saturated heterocycles. The summed E-state index contributed by atoms with van der Waals surface area (Å²) in [5, 5.41) is 12.8. The molecule has 1 aromatic rings. The highest BCUT2D eigenvalue weighted by Gasteiger charge is 2.55. The molecule has 1 aliphatic heterocycles. The van der Waals surface area contributed by atoms with E-state index < -0.39 is 27.7 Å². The van der Waals surface area contributed by atoms with Crippen molar-refractivity contribution in [2.75, 3.05) is 12.4 Å². The van der Waals surface area contributed by atoms with Crippen molar-refractivity contribution in [1.29, 1.82) is 0 Å². The van der Waals surface area contributed by atoms with E-state index in [0.717, 1.165) is 18.2 Å². The Morgan fingerprint density at radius 1 is 1.36 bits per heavy atom. The summed E-state index contributed by atoms with van der Waals surface area (Å²) in [6, 6.07) is 3.01. The first-order valence-electron chi connectivity index (χ1n) is 7.47. The van der Waals surface area contributed by atoms with Crippen molar-refractivity contribution < 1.29 is 36.0 Å². The summed E-state index contributed by atoms with van der Waals surface area (Å²) < 4.78 is 70.6. The number of alkyl halides is 3. The number of halogens is 4. The van der Waals surface area contributed by atoms with Crippen LogP contribution in [0.2, 0.25) is 5.02 Å². The highest BCUT2D eigenvalue weighted by molar-refractivity contribution is 7.89. The molecule has 0 aromatic heterocycles. The van der Waals surface area contributed by atoms with E-state index >= 15 is 0 Å². The number of amides is 1. The molecule has 14 heteroatoms. The van der Waals surface area contributed by atoms with Crippen molar-refractivity contribution in [3.63, 3.8) is 0 Å². The van der Waals surface area contributed by atoms with Crippen LogP contribution in [0.3, 0.4) is 0 Å². The molecule has 1 atom stereocenters. The second kappa shape index (κ2) is 7.55. The molecular weight excluding hydrogens is 443 g/mol. The highest BCUT2D eigenvalue weighted by atomic mass is 35.5. The van der Waals surface area contributed by atoms with E-state index in [0.29, 0.717) is 5.20 Å². The smallest absolute Gasteiger partial charge is 0.373 e. The number of aliphatic hydroxyl groups is 1. The number of hydroxylamine groups is 2. The lowest BCUT2D eigenvalue weighted by atomic mass is 10.1. The van der Waals surface area contributed by atoms with Gasteiger partial charge < -0.3 is 15.0 Å². The van der Waals surface area contributed by atoms with Crippen molar-refractivity contribution in [2.24, 2.45) is 0 Å². The molecule has 0 unspecified atom stereocenters. The van der Waals surface area contributed by atoms with Crippen LogP contribution in [0.1, 0.15) is 13.8 Å². The molecule has 8 nitrogen and oxygen atoms in total. The summed E-state index contributed by atoms with van der Waals surface area (Å²) in [6.07, 6.45) is -5.21. The van der Waals surface area contributed by atoms with Crippen LogP contribution in [-0.2, 0) is 19.3 Å². The zero-order chi connectivity index (χ0) is 21.5. The summed E-state index contributed by atoms with van der Waals surface area (Å²) in [7, 11) is -2.61. The number of carbonyl (C=O) groups is 1. The van der Waals surface area contributed by atoms with Crippen LogP contribution in [0.4, 0.5) is 18.9 Å². The van der Waals surface area contributed by atoms with E-state index in [9.17, 15) is 31.5 Å². The Morgan fingerprint density at radius 3 is 2.43 bits per heavy atom. The van der Waals surface area contributed by atoms with Gasteiger partial charge >= 0.3 is 15.9 Å². The number of anilines is 1. The van der Waals surface area contributed by atoms with Gasteiger partial charge in [-0.2, -0.15) is 13.2 Å². The summed E-state index contributed by atoms with van der Waals surface area (Å²) in [5.74, 6) is -1.53. The fraction of sp³-hybridized carbons (Fsp3) is 0.357. The number of nitrogens with zero attached hydrogens (tertiary/aromatic N) is 1. The molecule has 0 aliphatic carbocycles. The Labute approximate surface area is 166 Å². The van der Waals surface area contributed by atoms with Crippen molar-refractivity contribution in [3.8, 4) is 0 Å². The van der Waals surface area contributed by atoms with Crippen LogP contribution in [0.25, 0.3) is 0 Å². The maximum atomic E-state index is 12.7. The molecule has 1 aliphatic rings. The molecule has 154 valence electrons. The Hall–Kier alpha value is -1.80. The number of hydrogen-bond acceptors (Lipinski definition) is 6. The molecule has 0 spiro atoms. The molecule has 28 heavy (non-hydrogen) atoms. The van der Waals surface area contributed by atoms with Gasteiger partial charge in [-0.15, -0.1) is 0 Å². The van der Waals surface area contributed by atoms with E-state index in [1.54, 1.807) is 6.92 Å². The average molecular weight is 458 g/mol. The second-order valence-corrected chi connectivity index (χ2v) is 9.16. The number of benzene rings is 1. The fourth-order valence-electron chi connectivity index (χ4n) is 1.93. The van der Waals surface area contributed by atoms with Gasteiger partial charge in [0, 0.05) is 7.05 Å². The Bertz CT molecular complexity index is 937. The van der Waals surface area contributed by atoms with Crippen molar-refractivity contribution in [2.45, 2.75) is 30.5 Å². The minimum absolute atomic E-state index is 0.0417. The Morgan fingerprint density at radius 2 is 1.96 bits per heavy atom. The summed E-state index contributed by atoms with van der Waals surface area (Å²) >= 11 is 5.90. The highest BCUT2D eigenvalue weighted by Crippen LogP contribution is 2.32. The molecule has 0 saturated carbocycles. The van der Waals surface area contributed by atoms with E-state index in [-0.39, 0.29) is 38.1 Å². The zero-order valence-corrected chi connectivity index (χ0v) is 17.3. The lowest BCUT2D eigenvalue weighted by Gasteiger charge is -2.25. The number of hydrogen-bond donors (Lipinski definition) is 3. The van der Waals surface area contributed by atoms with E-state index in [4.69, 9.17) is 16.1 Å². The average Bonchev–Trinajstić information content (AvgIpc) is 2.87. The summed E-state index contributed by atoms with van der Waals surface area (Å²) in [4.78, 5) is 11.4.